The van der Waals surface area contributed by atoms with Crippen LogP contribution in [0.2, 0.25) is 0 Å². The zero-order valence-electron chi connectivity index (χ0n) is 13.7. The molecule has 126 valence electrons. The molecule has 1 rings (SSSR count). The fourth-order valence-electron chi connectivity index (χ4n) is 1.65. The van der Waals surface area contributed by atoms with Gasteiger partial charge in [0.2, 0.25) is 5.75 Å². The maximum absolute atomic E-state index is 12.3. The van der Waals surface area contributed by atoms with Gasteiger partial charge in [-0.3, -0.25) is 9.59 Å². The molecule has 1 aromatic rings. The Morgan fingerprint density at radius 1 is 1.22 bits per heavy atom. The van der Waals surface area contributed by atoms with Crippen molar-refractivity contribution >= 4 is 17.8 Å². The van der Waals surface area contributed by atoms with E-state index in [9.17, 15) is 14.4 Å². The first-order valence-electron chi connectivity index (χ1n) is 6.99. The van der Waals surface area contributed by atoms with Crippen molar-refractivity contribution in [3.8, 4) is 11.5 Å². The Bertz CT molecular complexity index is 600. The largest absolute Gasteiger partial charge is 0.493 e. The maximum Gasteiger partial charge on any atom is 0.328 e. The number of esters is 2. The zero-order valence-corrected chi connectivity index (χ0v) is 13.7. The molecule has 0 aliphatic rings. The summed E-state index contributed by atoms with van der Waals surface area (Å²) < 4.78 is 15.0. The van der Waals surface area contributed by atoms with Crippen molar-refractivity contribution in [3.05, 3.63) is 18.0 Å². The van der Waals surface area contributed by atoms with Crippen molar-refractivity contribution in [1.82, 2.24) is 10.3 Å². The molecule has 1 N–H and O–H groups in total. The summed E-state index contributed by atoms with van der Waals surface area (Å²) in [4.78, 5) is 39.1. The van der Waals surface area contributed by atoms with E-state index in [1.54, 1.807) is 13.8 Å². The second-order valence-corrected chi connectivity index (χ2v) is 4.97. The summed E-state index contributed by atoms with van der Waals surface area (Å²) in [5, 5.41) is 2.44. The quantitative estimate of drug-likeness (QED) is 0.781. The molecule has 1 amide bonds. The van der Waals surface area contributed by atoms with Crippen molar-refractivity contribution in [3.63, 3.8) is 0 Å². The lowest BCUT2D eigenvalue weighted by Crippen LogP contribution is -2.40. The van der Waals surface area contributed by atoms with E-state index >= 15 is 0 Å². The van der Waals surface area contributed by atoms with E-state index < -0.39 is 23.9 Å². The first-order valence-corrected chi connectivity index (χ1v) is 6.99. The Kier molecular flexibility index (Phi) is 6.49. The summed E-state index contributed by atoms with van der Waals surface area (Å²) in [6.45, 7) is 6.08. The summed E-state index contributed by atoms with van der Waals surface area (Å²) in [6.07, 6.45) is 1.03. The smallest absolute Gasteiger partial charge is 0.328 e. The molecule has 0 bridgehead atoms. The summed E-state index contributed by atoms with van der Waals surface area (Å²) in [7, 11) is 1.37. The van der Waals surface area contributed by atoms with E-state index in [-0.39, 0.29) is 23.3 Å². The average Bonchev–Trinajstić information content (AvgIpc) is 2.45. The number of hydrogen-bond donors (Lipinski definition) is 1. The van der Waals surface area contributed by atoms with Crippen LogP contribution in [0.4, 0.5) is 0 Å². The number of nitrogens with zero attached hydrogens (tertiary/aromatic N) is 1. The molecule has 1 heterocycles. The highest BCUT2D eigenvalue weighted by Gasteiger charge is 2.24. The third kappa shape index (κ3) is 5.24. The second-order valence-electron chi connectivity index (χ2n) is 4.97. The second kappa shape index (κ2) is 8.11. The molecular formula is C15H20N2O6. The van der Waals surface area contributed by atoms with Crippen molar-refractivity contribution in [1.29, 1.82) is 0 Å². The lowest BCUT2D eigenvalue weighted by molar-refractivity contribution is -0.149. The Morgan fingerprint density at radius 2 is 1.87 bits per heavy atom. The van der Waals surface area contributed by atoms with Crippen LogP contribution in [0.5, 0.6) is 11.5 Å². The van der Waals surface area contributed by atoms with Gasteiger partial charge in [0.1, 0.15) is 6.04 Å². The molecule has 0 saturated carbocycles. The molecule has 0 saturated heterocycles. The molecule has 8 heteroatoms. The normalized spacial score (nSPS) is 11.6. The van der Waals surface area contributed by atoms with Gasteiger partial charge in [-0.05, 0) is 20.8 Å². The molecule has 0 unspecified atom stereocenters. The van der Waals surface area contributed by atoms with E-state index in [0.717, 1.165) is 0 Å². The van der Waals surface area contributed by atoms with Gasteiger partial charge in [0.25, 0.3) is 5.91 Å². The number of carbonyl (C=O) groups excluding carboxylic acids is 3. The van der Waals surface area contributed by atoms with Crippen molar-refractivity contribution < 1.29 is 28.6 Å². The number of amides is 1. The van der Waals surface area contributed by atoms with Gasteiger partial charge >= 0.3 is 11.9 Å². The molecule has 1 atom stereocenters. The maximum atomic E-state index is 12.3. The van der Waals surface area contributed by atoms with E-state index in [1.807, 2.05) is 0 Å². The number of nitrogens with one attached hydrogen (secondary N) is 1. The van der Waals surface area contributed by atoms with Gasteiger partial charge in [0, 0.05) is 19.2 Å². The third-order valence-electron chi connectivity index (χ3n) is 2.60. The van der Waals surface area contributed by atoms with Crippen LogP contribution in [0.3, 0.4) is 0 Å². The van der Waals surface area contributed by atoms with Crippen LogP contribution < -0.4 is 14.8 Å². The molecule has 0 fully saturated rings. The Labute approximate surface area is 134 Å². The number of rotatable bonds is 6. The molecule has 23 heavy (non-hydrogen) atoms. The van der Waals surface area contributed by atoms with Crippen LogP contribution in [0.1, 0.15) is 38.2 Å². The van der Waals surface area contributed by atoms with Gasteiger partial charge in [-0.25, -0.2) is 9.78 Å². The van der Waals surface area contributed by atoms with Gasteiger partial charge in [0.15, 0.2) is 11.4 Å². The van der Waals surface area contributed by atoms with Gasteiger partial charge in [-0.2, -0.15) is 0 Å². The molecule has 0 aliphatic heterocycles. The molecule has 8 nitrogen and oxygen atoms in total. The number of aromatic nitrogens is 1. The minimum absolute atomic E-state index is 0.107. The van der Waals surface area contributed by atoms with E-state index in [4.69, 9.17) is 14.2 Å². The van der Waals surface area contributed by atoms with Crippen molar-refractivity contribution in [2.45, 2.75) is 39.8 Å². The SMILES string of the molecule is COc1ccnc(C(=O)N[C@@H](C)C(=O)OC(C)C)c1OC(C)=O. The fraction of sp³-hybridized carbons (Fsp3) is 0.467. The minimum atomic E-state index is -0.886. The van der Waals surface area contributed by atoms with Crippen LogP contribution in [-0.4, -0.2) is 42.1 Å². The van der Waals surface area contributed by atoms with Gasteiger partial charge in [0.05, 0.1) is 13.2 Å². The Morgan fingerprint density at radius 3 is 2.39 bits per heavy atom. The summed E-state index contributed by atoms with van der Waals surface area (Å²) in [5.41, 5.74) is -0.163. The van der Waals surface area contributed by atoms with Crippen LogP contribution in [0.25, 0.3) is 0 Å². The van der Waals surface area contributed by atoms with Crippen molar-refractivity contribution in [2.75, 3.05) is 7.11 Å². The lowest BCUT2D eigenvalue weighted by Gasteiger charge is -2.16. The Hall–Kier alpha value is -2.64. The van der Waals surface area contributed by atoms with E-state index in [1.165, 1.54) is 33.2 Å². The number of methoxy groups -OCH3 is 1. The van der Waals surface area contributed by atoms with E-state index in [2.05, 4.69) is 10.3 Å². The van der Waals surface area contributed by atoms with Gasteiger partial charge in [-0.1, -0.05) is 0 Å². The summed E-state index contributed by atoms with van der Waals surface area (Å²) in [5.74, 6) is -1.82. The highest BCUT2D eigenvalue weighted by molar-refractivity contribution is 5.98. The van der Waals surface area contributed by atoms with Crippen LogP contribution in [0.15, 0.2) is 12.3 Å². The van der Waals surface area contributed by atoms with Crippen molar-refractivity contribution in [2.24, 2.45) is 0 Å². The monoisotopic (exact) mass is 324 g/mol. The molecular weight excluding hydrogens is 304 g/mol. The predicted octanol–water partition coefficient (Wildman–Crippen LogP) is 1.09. The first-order chi connectivity index (χ1) is 10.8. The third-order valence-corrected chi connectivity index (χ3v) is 2.60. The molecule has 0 aliphatic carbocycles. The van der Waals surface area contributed by atoms with Gasteiger partial charge < -0.3 is 19.5 Å². The van der Waals surface area contributed by atoms with Crippen LogP contribution >= 0.6 is 0 Å². The van der Waals surface area contributed by atoms with Crippen LogP contribution in [-0.2, 0) is 14.3 Å². The van der Waals surface area contributed by atoms with Gasteiger partial charge in [-0.15, -0.1) is 0 Å². The van der Waals surface area contributed by atoms with E-state index in [0.29, 0.717) is 0 Å². The zero-order chi connectivity index (χ0) is 17.6. The molecule has 1 aromatic heterocycles. The number of carbonyl (C=O) groups is 3. The molecule has 0 radical (unpaired) electrons. The molecule has 0 spiro atoms. The summed E-state index contributed by atoms with van der Waals surface area (Å²) >= 11 is 0. The fourth-order valence-corrected chi connectivity index (χ4v) is 1.65. The molecule has 0 aromatic carbocycles. The first kappa shape index (κ1) is 18.4. The minimum Gasteiger partial charge on any atom is -0.493 e. The summed E-state index contributed by atoms with van der Waals surface area (Å²) in [6, 6.07) is 0.564. The average molecular weight is 324 g/mol. The lowest BCUT2D eigenvalue weighted by atomic mass is 10.2. The predicted molar refractivity (Wildman–Crippen MR) is 80.3 cm³/mol. The number of pyridine rings is 1. The Balaban J connectivity index is 2.99. The number of hydrogen-bond acceptors (Lipinski definition) is 7. The topological polar surface area (TPSA) is 104 Å². The highest BCUT2D eigenvalue weighted by Crippen LogP contribution is 2.29. The standard InChI is InChI=1S/C15H20N2O6/c1-8(2)22-15(20)9(3)17-14(19)12-13(23-10(4)18)11(21-5)6-7-16-12/h6-9H,1-5H3,(H,17,19)/t9-/m0/s1. The highest BCUT2D eigenvalue weighted by atomic mass is 16.6. The van der Waals surface area contributed by atoms with Crippen LogP contribution in [0, 0.1) is 0 Å². The number of ether oxygens (including phenoxy) is 3.